The molecule has 4 aliphatic heterocycles. The van der Waals surface area contributed by atoms with Crippen LogP contribution in [0, 0.1) is 23.7 Å². The molecule has 4 heterocycles. The highest BCUT2D eigenvalue weighted by atomic mass is 16.6. The lowest BCUT2D eigenvalue weighted by Crippen LogP contribution is -2.34. The van der Waals surface area contributed by atoms with E-state index in [1.54, 1.807) is 0 Å². The second-order valence-electron chi connectivity index (χ2n) is 35.7. The molecule has 0 aromatic heterocycles. The largest absolute Gasteiger partial charge is 0.491 e. The Labute approximate surface area is 791 Å². The number of hydrogen-bond donors (Lipinski definition) is 0. The van der Waals surface area contributed by atoms with Crippen LogP contribution >= 0.6 is 0 Å². The lowest BCUT2D eigenvalue weighted by Gasteiger charge is -2.25. The number of nitrogens with zero attached hydrogens (tertiary/aromatic N) is 4. The van der Waals surface area contributed by atoms with E-state index in [0.717, 1.165) is 180 Å². The van der Waals surface area contributed by atoms with Crippen molar-refractivity contribution in [3.63, 3.8) is 0 Å². The van der Waals surface area contributed by atoms with Gasteiger partial charge in [0.15, 0.2) is 0 Å². The molecule has 18 heteroatoms. The molecule has 4 aliphatic rings. The quantitative estimate of drug-likeness (QED) is 0.0302. The predicted molar refractivity (Wildman–Crippen MR) is 535 cm³/mol. The van der Waals surface area contributed by atoms with Gasteiger partial charge < -0.3 is 67.0 Å². The fourth-order valence-corrected chi connectivity index (χ4v) is 16.4. The zero-order chi connectivity index (χ0) is 92.8. The molecular weight excluding hydrogens is 1630 g/mol. The zero-order valence-electron chi connectivity index (χ0n) is 83.3. The van der Waals surface area contributed by atoms with Crippen molar-refractivity contribution < 1.29 is 66.5 Å². The number of amides is 4. The molecule has 4 bridgehead atoms. The maximum Gasteiger partial charge on any atom is 0.255 e. The van der Waals surface area contributed by atoms with Gasteiger partial charge >= 0.3 is 0 Å². The zero-order valence-corrected chi connectivity index (χ0v) is 83.3. The van der Waals surface area contributed by atoms with Crippen LogP contribution in [-0.2, 0) is 28.4 Å². The van der Waals surface area contributed by atoms with Crippen LogP contribution in [0.25, 0.3) is 0 Å². The highest BCUT2D eigenvalue weighted by molar-refractivity contribution is 6.01. The summed E-state index contributed by atoms with van der Waals surface area (Å²) < 4.78 is 61.8. The van der Waals surface area contributed by atoms with Gasteiger partial charge in [0, 0.05) is 86.7 Å². The first kappa shape index (κ1) is 113. The second kappa shape index (κ2) is 78.2. The van der Waals surface area contributed by atoms with Crippen molar-refractivity contribution in [2.24, 2.45) is 0 Å². The van der Waals surface area contributed by atoms with Crippen molar-refractivity contribution in [2.75, 3.05) is 158 Å². The van der Waals surface area contributed by atoms with Crippen LogP contribution in [0.3, 0.4) is 0 Å². The summed E-state index contributed by atoms with van der Waals surface area (Å²) in [5, 5.41) is 0. The summed E-state index contributed by atoms with van der Waals surface area (Å²) in [5.41, 5.74) is 3.69. The van der Waals surface area contributed by atoms with Crippen LogP contribution in [0.2, 0.25) is 0 Å². The third-order valence-electron chi connectivity index (χ3n) is 24.4. The molecule has 0 fully saturated rings. The van der Waals surface area contributed by atoms with Crippen LogP contribution < -0.4 is 18.9 Å². The minimum atomic E-state index is -0.0957. The molecule has 4 aromatic carbocycles. The van der Waals surface area contributed by atoms with Crippen LogP contribution in [-0.4, -0.2) is 201 Å². The summed E-state index contributed by atoms with van der Waals surface area (Å²) in [4.78, 5) is 70.6. The molecule has 130 heavy (non-hydrogen) atoms. The average Bonchev–Trinajstić information content (AvgIpc) is 0.800. The molecule has 18 nitrogen and oxygen atoms in total. The molecule has 0 saturated heterocycles. The van der Waals surface area contributed by atoms with Gasteiger partial charge in [-0.1, -0.05) is 336 Å². The van der Waals surface area contributed by atoms with Gasteiger partial charge in [0.25, 0.3) is 23.6 Å². The highest BCUT2D eigenvalue weighted by Crippen LogP contribution is 2.31. The van der Waals surface area contributed by atoms with Gasteiger partial charge in [-0.15, -0.1) is 0 Å². The molecule has 4 amide bonds. The predicted octanol–water partition coefficient (Wildman–Crippen LogP) is 26.5. The van der Waals surface area contributed by atoms with Crippen LogP contribution in [0.4, 0.5) is 0 Å². The first-order valence-electron chi connectivity index (χ1n) is 52.8. The van der Waals surface area contributed by atoms with E-state index in [-0.39, 0.29) is 50.1 Å². The maximum absolute atomic E-state index is 15.8. The maximum atomic E-state index is 15.8. The van der Waals surface area contributed by atoms with E-state index in [4.69, 9.17) is 47.4 Å². The molecule has 0 aliphatic carbocycles. The van der Waals surface area contributed by atoms with Gasteiger partial charge in [-0.3, -0.25) is 19.2 Å². The van der Waals surface area contributed by atoms with E-state index in [1.165, 1.54) is 128 Å². The Hall–Kier alpha value is -7.16. The minimum absolute atomic E-state index is 0.0556. The number of benzene rings is 4. The molecule has 0 spiro atoms. The Morgan fingerprint density at radius 2 is 0.408 bits per heavy atom. The molecule has 0 radical (unpaired) electrons. The van der Waals surface area contributed by atoms with Crippen molar-refractivity contribution in [3.05, 3.63) is 117 Å². The van der Waals surface area contributed by atoms with Crippen molar-refractivity contribution in [1.29, 1.82) is 0 Å². The topological polar surface area (TPSA) is 174 Å². The fourth-order valence-electron chi connectivity index (χ4n) is 16.4. The molecule has 4 aromatic rings. The van der Waals surface area contributed by atoms with Gasteiger partial charge in [-0.25, -0.2) is 0 Å². The summed E-state index contributed by atoms with van der Waals surface area (Å²) >= 11 is 0. The first-order chi connectivity index (χ1) is 64.0. The summed E-state index contributed by atoms with van der Waals surface area (Å²) in [6.45, 7) is 28.0. The number of carbonyl (C=O) groups is 4. The van der Waals surface area contributed by atoms with Gasteiger partial charge in [0.2, 0.25) is 0 Å². The third-order valence-corrected chi connectivity index (χ3v) is 24.4. The Morgan fingerprint density at radius 1 is 0.215 bits per heavy atom. The van der Waals surface area contributed by atoms with Crippen LogP contribution in [0.1, 0.15) is 427 Å². The number of unbranched alkanes of at least 4 members (excludes halogenated alkanes) is 40. The van der Waals surface area contributed by atoms with Crippen molar-refractivity contribution >= 4 is 23.6 Å². The summed E-state index contributed by atoms with van der Waals surface area (Å²) in [7, 11) is 0. The molecule has 0 saturated carbocycles. The molecule has 8 rings (SSSR count). The Bertz CT molecular complexity index is 3360. The molecule has 0 unspecified atom stereocenters. The lowest BCUT2D eigenvalue weighted by molar-refractivity contribution is 0.00466. The summed E-state index contributed by atoms with van der Waals surface area (Å²) in [6.07, 6.45) is 53.1. The van der Waals surface area contributed by atoms with E-state index in [0.29, 0.717) is 199 Å². The minimum Gasteiger partial charge on any atom is -0.491 e. The first-order valence-corrected chi connectivity index (χ1v) is 52.8. The van der Waals surface area contributed by atoms with E-state index in [1.807, 2.05) is 82.6 Å². The van der Waals surface area contributed by atoms with Crippen molar-refractivity contribution in [1.82, 2.24) is 19.6 Å². The number of rotatable bonds is 60. The Morgan fingerprint density at radius 3 is 0.638 bits per heavy atom. The van der Waals surface area contributed by atoms with E-state index in [9.17, 15) is 0 Å². The highest BCUT2D eigenvalue weighted by Gasteiger charge is 2.26. The standard InChI is InChI=1S/C112H180N4O14/c1-9-17-25-33-41-49-69-113(70-50-42-34-26-18-10-2)109(117)101-61-67-105(111(119)115(73-53-45-37-29-21-13-5)74-54-46-38-30-22-14-6)97(93-101)57-59-99-95-108-100(96-107(99)129-91-87-125-83-79-121-77-81-123-85-89-127-103-63-65-104(66-64-103)128-90-86-124-82-78-122-80-84-126-88-92-130-108)60-58-98-94-102(110(118)114(71-51-43-35-27-19-11-3)72-52-44-36-28-20-12-4)62-68-106(98)112(120)116(75-55-47-39-31-23-15-7)76-56-48-40-32-24-16-8/h61-68,93-96H,9-56,69-92H2,1-8H3. The number of hydrogen-bond acceptors (Lipinski definition) is 14. The SMILES string of the molecule is CCCCCCCCN(CCCCCCCC)C(=O)c1ccc(C(=O)N(CCCCCCCC)CCCCCCCC)c(C#Cc2cc3c(C#Cc4cc(C(=O)N(CCCCCCCC)CCCCCCCC)ccc4C(=O)N(CCCCCCCC)CCCCCCCC)cc2OCCOCCOCCOCCOc2ccc(cc2)OCCOCCOCCOCCO3)c1. The molecular formula is C112H180N4O14. The van der Waals surface area contributed by atoms with Crippen LogP contribution in [0.5, 0.6) is 23.0 Å². The molecule has 0 N–H and O–H groups in total. The molecule has 0 atom stereocenters. The van der Waals surface area contributed by atoms with Crippen molar-refractivity contribution in [2.45, 2.75) is 364 Å². The van der Waals surface area contributed by atoms with Gasteiger partial charge in [0.05, 0.1) is 102 Å². The van der Waals surface area contributed by atoms with Crippen molar-refractivity contribution in [3.8, 4) is 46.7 Å². The summed E-state index contributed by atoms with van der Waals surface area (Å²) in [6, 6.07) is 22.4. The second-order valence-corrected chi connectivity index (χ2v) is 35.7. The smallest absolute Gasteiger partial charge is 0.255 e. The fraction of sp³-hybridized carbons (Fsp3) is 0.714. The van der Waals surface area contributed by atoms with Crippen LogP contribution in [0.15, 0.2) is 72.8 Å². The van der Waals surface area contributed by atoms with Gasteiger partial charge in [-0.2, -0.15) is 0 Å². The Balaban J connectivity index is 1.79. The van der Waals surface area contributed by atoms with E-state index in [2.05, 4.69) is 88.9 Å². The number of carbonyl (C=O) groups excluding carboxylic acids is 4. The summed E-state index contributed by atoms with van der Waals surface area (Å²) in [5.74, 6) is 16.1. The lowest BCUT2D eigenvalue weighted by atomic mass is 9.99. The Kier molecular flexibility index (Phi) is 68.2. The van der Waals surface area contributed by atoms with Gasteiger partial charge in [-0.05, 0) is 112 Å². The molecule has 732 valence electrons. The monoisotopic (exact) mass is 1810 g/mol. The van der Waals surface area contributed by atoms with E-state index < -0.39 is 0 Å². The average molecular weight is 1810 g/mol. The van der Waals surface area contributed by atoms with Gasteiger partial charge in [0.1, 0.15) is 49.4 Å². The normalized spacial score (nSPS) is 13.6. The number of ether oxygens (including phenoxy) is 10. The third kappa shape index (κ3) is 51.9. The van der Waals surface area contributed by atoms with E-state index >= 15 is 19.2 Å².